The Balaban J connectivity index is 3.22. The van der Waals surface area contributed by atoms with E-state index in [1.807, 2.05) is 13.0 Å². The molecule has 1 amide bonds. The molecule has 21 heavy (non-hydrogen) atoms. The fourth-order valence-corrected chi connectivity index (χ4v) is 3.36. The van der Waals surface area contributed by atoms with Crippen LogP contribution in [-0.4, -0.2) is 33.7 Å². The number of halogens is 1. The zero-order valence-corrected chi connectivity index (χ0v) is 13.9. The fourth-order valence-electron chi connectivity index (χ4n) is 1.96. The quantitative estimate of drug-likeness (QED) is 0.811. The number of carbonyl (C=O) groups excluding carboxylic acids is 1. The summed E-state index contributed by atoms with van der Waals surface area (Å²) < 4.78 is 25.0. The molecule has 0 saturated carbocycles. The molecule has 1 aromatic rings. The Morgan fingerprint density at radius 1 is 1.43 bits per heavy atom. The maximum atomic E-state index is 12.0. The van der Waals surface area contributed by atoms with Gasteiger partial charge in [-0.3, -0.25) is 9.10 Å². The molecule has 116 valence electrons. The van der Waals surface area contributed by atoms with Crippen molar-refractivity contribution >= 4 is 33.2 Å². The summed E-state index contributed by atoms with van der Waals surface area (Å²) in [4.78, 5) is 11.8. The van der Waals surface area contributed by atoms with Crippen molar-refractivity contribution in [3.8, 4) is 0 Å². The van der Waals surface area contributed by atoms with E-state index in [2.05, 4.69) is 11.9 Å². The smallest absolute Gasteiger partial charge is 0.241 e. The number of hydrogen-bond donors (Lipinski definition) is 1. The van der Waals surface area contributed by atoms with E-state index < -0.39 is 15.9 Å². The highest BCUT2D eigenvalue weighted by Gasteiger charge is 2.24. The SMILES string of the molecule is C=CCNC(=O)CN(c1c(C)cc(C)cc1Cl)S(C)(=O)=O. The van der Waals surface area contributed by atoms with Gasteiger partial charge in [0.1, 0.15) is 6.54 Å². The van der Waals surface area contributed by atoms with Gasteiger partial charge in [0.25, 0.3) is 0 Å². The fraction of sp³-hybridized carbons (Fsp3) is 0.357. The lowest BCUT2D eigenvalue weighted by molar-refractivity contribution is -0.119. The van der Waals surface area contributed by atoms with Crippen LogP contribution in [0.2, 0.25) is 5.02 Å². The molecule has 0 aliphatic carbocycles. The highest BCUT2D eigenvalue weighted by atomic mass is 35.5. The van der Waals surface area contributed by atoms with Gasteiger partial charge in [-0.25, -0.2) is 8.42 Å². The van der Waals surface area contributed by atoms with Crippen LogP contribution in [0.25, 0.3) is 0 Å². The predicted octanol–water partition coefficient (Wildman–Crippen LogP) is 2.03. The number of nitrogens with one attached hydrogen (secondary N) is 1. The summed E-state index contributed by atoms with van der Waals surface area (Å²) in [6, 6.07) is 3.49. The zero-order chi connectivity index (χ0) is 16.2. The molecule has 0 heterocycles. The summed E-state index contributed by atoms with van der Waals surface area (Å²) >= 11 is 6.17. The largest absolute Gasteiger partial charge is 0.351 e. The van der Waals surface area contributed by atoms with Gasteiger partial charge >= 0.3 is 0 Å². The van der Waals surface area contributed by atoms with Crippen LogP contribution in [-0.2, 0) is 14.8 Å². The first-order chi connectivity index (χ1) is 9.66. The van der Waals surface area contributed by atoms with Crippen LogP contribution in [0.5, 0.6) is 0 Å². The minimum Gasteiger partial charge on any atom is -0.351 e. The third kappa shape index (κ3) is 4.75. The van der Waals surface area contributed by atoms with Gasteiger partial charge in [-0.1, -0.05) is 23.7 Å². The Morgan fingerprint density at radius 3 is 2.52 bits per heavy atom. The highest BCUT2D eigenvalue weighted by molar-refractivity contribution is 7.92. The van der Waals surface area contributed by atoms with E-state index in [4.69, 9.17) is 11.6 Å². The monoisotopic (exact) mass is 330 g/mol. The first-order valence-electron chi connectivity index (χ1n) is 6.29. The number of anilines is 1. The van der Waals surface area contributed by atoms with Crippen LogP contribution >= 0.6 is 11.6 Å². The number of rotatable bonds is 6. The van der Waals surface area contributed by atoms with Crippen molar-refractivity contribution in [3.63, 3.8) is 0 Å². The van der Waals surface area contributed by atoms with Gasteiger partial charge in [0.2, 0.25) is 15.9 Å². The second-order valence-electron chi connectivity index (χ2n) is 4.77. The van der Waals surface area contributed by atoms with Gasteiger partial charge in [0.15, 0.2) is 0 Å². The highest BCUT2D eigenvalue weighted by Crippen LogP contribution is 2.32. The standard InChI is InChI=1S/C14H19ClN2O3S/c1-5-6-16-13(18)9-17(21(4,19)20)14-11(3)7-10(2)8-12(14)15/h5,7-8H,1,6,9H2,2-4H3,(H,16,18). The minimum atomic E-state index is -3.63. The summed E-state index contributed by atoms with van der Waals surface area (Å²) in [5.74, 6) is -0.420. The van der Waals surface area contributed by atoms with Gasteiger partial charge in [0, 0.05) is 6.54 Å². The van der Waals surface area contributed by atoms with Crippen LogP contribution in [0, 0.1) is 13.8 Å². The van der Waals surface area contributed by atoms with E-state index in [1.54, 1.807) is 13.0 Å². The molecule has 1 rings (SSSR count). The number of sulfonamides is 1. The van der Waals surface area contributed by atoms with Gasteiger partial charge in [0.05, 0.1) is 17.0 Å². The van der Waals surface area contributed by atoms with Crippen molar-refractivity contribution in [3.05, 3.63) is 40.9 Å². The average Bonchev–Trinajstić information content (AvgIpc) is 2.32. The maximum Gasteiger partial charge on any atom is 0.241 e. The molecule has 0 atom stereocenters. The molecule has 0 radical (unpaired) electrons. The first kappa shape index (κ1) is 17.5. The van der Waals surface area contributed by atoms with Crippen molar-refractivity contribution in [2.75, 3.05) is 23.7 Å². The molecule has 0 spiro atoms. The van der Waals surface area contributed by atoms with Crippen LogP contribution in [0.1, 0.15) is 11.1 Å². The number of carbonyl (C=O) groups is 1. The molecule has 0 aliphatic heterocycles. The van der Waals surface area contributed by atoms with E-state index in [9.17, 15) is 13.2 Å². The zero-order valence-electron chi connectivity index (χ0n) is 12.3. The topological polar surface area (TPSA) is 66.5 Å². The van der Waals surface area contributed by atoms with Gasteiger partial charge in [-0.05, 0) is 31.0 Å². The summed E-state index contributed by atoms with van der Waals surface area (Å²) in [6.45, 7) is 7.06. The van der Waals surface area contributed by atoms with Crippen molar-refractivity contribution in [1.29, 1.82) is 0 Å². The van der Waals surface area contributed by atoms with Crippen LogP contribution in [0.3, 0.4) is 0 Å². The summed E-state index contributed by atoms with van der Waals surface area (Å²) in [5, 5.41) is 2.85. The molecule has 0 fully saturated rings. The summed E-state index contributed by atoms with van der Waals surface area (Å²) in [6.07, 6.45) is 2.57. The van der Waals surface area contributed by atoms with Crippen LogP contribution < -0.4 is 9.62 Å². The normalized spacial score (nSPS) is 11.0. The molecular weight excluding hydrogens is 312 g/mol. The third-order valence-electron chi connectivity index (χ3n) is 2.78. The van der Waals surface area contributed by atoms with Gasteiger partial charge in [-0.15, -0.1) is 6.58 Å². The molecule has 0 bridgehead atoms. The number of benzene rings is 1. The molecule has 1 aromatic carbocycles. The lowest BCUT2D eigenvalue weighted by Gasteiger charge is -2.25. The third-order valence-corrected chi connectivity index (χ3v) is 4.18. The van der Waals surface area contributed by atoms with E-state index >= 15 is 0 Å². The van der Waals surface area contributed by atoms with E-state index in [-0.39, 0.29) is 13.1 Å². The molecule has 1 N–H and O–H groups in total. The Bertz CT molecular complexity index is 633. The van der Waals surface area contributed by atoms with Crippen LogP contribution in [0.4, 0.5) is 5.69 Å². The molecule has 0 aliphatic rings. The minimum absolute atomic E-state index is 0.275. The Morgan fingerprint density at radius 2 is 2.05 bits per heavy atom. The lowest BCUT2D eigenvalue weighted by atomic mass is 10.1. The van der Waals surface area contributed by atoms with Crippen molar-refractivity contribution in [2.24, 2.45) is 0 Å². The average molecular weight is 331 g/mol. The van der Waals surface area contributed by atoms with Gasteiger partial charge in [-0.2, -0.15) is 0 Å². The van der Waals surface area contributed by atoms with Gasteiger partial charge < -0.3 is 5.32 Å². The predicted molar refractivity (Wildman–Crippen MR) is 86.3 cm³/mol. The van der Waals surface area contributed by atoms with Crippen molar-refractivity contribution < 1.29 is 13.2 Å². The molecule has 0 unspecified atom stereocenters. The molecule has 7 heteroatoms. The maximum absolute atomic E-state index is 12.0. The molecule has 0 saturated heterocycles. The molecule has 5 nitrogen and oxygen atoms in total. The summed E-state index contributed by atoms with van der Waals surface area (Å²) in [5.41, 5.74) is 1.95. The number of amides is 1. The Hall–Kier alpha value is -1.53. The second kappa shape index (κ2) is 6.95. The first-order valence-corrected chi connectivity index (χ1v) is 8.51. The second-order valence-corrected chi connectivity index (χ2v) is 7.09. The van der Waals surface area contributed by atoms with Crippen LogP contribution in [0.15, 0.2) is 24.8 Å². The van der Waals surface area contributed by atoms with E-state index in [1.165, 1.54) is 6.08 Å². The molecule has 0 aromatic heterocycles. The Labute approximate surface area is 130 Å². The lowest BCUT2D eigenvalue weighted by Crippen LogP contribution is -2.40. The number of hydrogen-bond acceptors (Lipinski definition) is 3. The van der Waals surface area contributed by atoms with E-state index in [0.29, 0.717) is 16.3 Å². The number of aryl methyl sites for hydroxylation is 2. The van der Waals surface area contributed by atoms with E-state index in [0.717, 1.165) is 16.1 Å². The summed E-state index contributed by atoms with van der Waals surface area (Å²) in [7, 11) is -3.63. The van der Waals surface area contributed by atoms with Crippen molar-refractivity contribution in [1.82, 2.24) is 5.32 Å². The number of nitrogens with zero attached hydrogens (tertiary/aromatic N) is 1. The molecular formula is C14H19ClN2O3S. The van der Waals surface area contributed by atoms with Crippen molar-refractivity contribution in [2.45, 2.75) is 13.8 Å². The Kier molecular flexibility index (Phi) is 5.80.